The third-order valence-electron chi connectivity index (χ3n) is 2.53. The molecule has 1 aromatic rings. The smallest absolute Gasteiger partial charge is 0.0765 e. The summed E-state index contributed by atoms with van der Waals surface area (Å²) in [4.78, 5) is 2.07. The van der Waals surface area contributed by atoms with Crippen LogP contribution in [0.2, 0.25) is 0 Å². The Hall–Kier alpha value is -1.06. The van der Waals surface area contributed by atoms with Crippen molar-refractivity contribution in [2.75, 3.05) is 18.5 Å². The minimum absolute atomic E-state index is 0.566. The van der Waals surface area contributed by atoms with Crippen molar-refractivity contribution in [3.8, 4) is 0 Å². The summed E-state index contributed by atoms with van der Waals surface area (Å²) in [5, 5.41) is 9.78. The quantitative estimate of drug-likeness (QED) is 0.814. The van der Waals surface area contributed by atoms with Gasteiger partial charge in [-0.3, -0.25) is 0 Å². The van der Waals surface area contributed by atoms with Crippen LogP contribution in [-0.4, -0.2) is 24.3 Å². The molecule has 3 nitrogen and oxygen atoms in total. The lowest BCUT2D eigenvalue weighted by atomic mass is 10.1. The molecule has 3 N–H and O–H groups in total. The number of rotatable bonds is 4. The summed E-state index contributed by atoms with van der Waals surface area (Å²) in [5.41, 5.74) is 8.37. The number of nitrogens with zero attached hydrogens (tertiary/aromatic N) is 1. The first-order chi connectivity index (χ1) is 7.33. The molecule has 16 heavy (non-hydrogen) atoms. The molecule has 0 bridgehead atoms. The molecule has 0 spiro atoms. The molecule has 0 aliphatic carbocycles. The summed E-state index contributed by atoms with van der Waals surface area (Å²) in [6, 6.07) is 6.18. The zero-order valence-corrected chi connectivity index (χ0v) is 10.6. The van der Waals surface area contributed by atoms with Crippen LogP contribution >= 0.6 is 0 Å². The zero-order valence-electron chi connectivity index (χ0n) is 10.6. The minimum Gasteiger partial charge on any atom is -0.389 e. The fourth-order valence-electron chi connectivity index (χ4n) is 1.94. The molecule has 1 aromatic carbocycles. The maximum Gasteiger partial charge on any atom is 0.0765 e. The van der Waals surface area contributed by atoms with Crippen molar-refractivity contribution < 1.29 is 5.11 Å². The van der Waals surface area contributed by atoms with Crippen LogP contribution in [0.15, 0.2) is 18.2 Å². The van der Waals surface area contributed by atoms with E-state index in [4.69, 9.17) is 5.73 Å². The van der Waals surface area contributed by atoms with Gasteiger partial charge >= 0.3 is 0 Å². The van der Waals surface area contributed by atoms with Gasteiger partial charge in [0, 0.05) is 25.8 Å². The molecule has 0 aliphatic rings. The first-order valence-electron chi connectivity index (χ1n) is 5.56. The molecule has 0 aliphatic heterocycles. The Morgan fingerprint density at radius 3 is 2.44 bits per heavy atom. The molecule has 0 heterocycles. The maximum absolute atomic E-state index is 9.78. The Kier molecular flexibility index (Phi) is 3.94. The van der Waals surface area contributed by atoms with Gasteiger partial charge in [-0.25, -0.2) is 0 Å². The first kappa shape index (κ1) is 13.0. The summed E-state index contributed by atoms with van der Waals surface area (Å²) in [5.74, 6) is 0. The highest BCUT2D eigenvalue weighted by Gasteiger charge is 2.16. The van der Waals surface area contributed by atoms with Gasteiger partial charge in [0.25, 0.3) is 0 Å². The topological polar surface area (TPSA) is 49.5 Å². The fraction of sp³-hybridized carbons (Fsp3) is 0.538. The van der Waals surface area contributed by atoms with Gasteiger partial charge in [0.15, 0.2) is 0 Å². The van der Waals surface area contributed by atoms with E-state index in [1.807, 2.05) is 27.0 Å². The molecule has 0 saturated heterocycles. The lowest BCUT2D eigenvalue weighted by molar-refractivity contribution is 0.0886. The summed E-state index contributed by atoms with van der Waals surface area (Å²) >= 11 is 0. The maximum atomic E-state index is 9.78. The van der Waals surface area contributed by atoms with Crippen molar-refractivity contribution in [1.82, 2.24) is 0 Å². The summed E-state index contributed by atoms with van der Waals surface area (Å²) in [7, 11) is 1.99. The van der Waals surface area contributed by atoms with Crippen LogP contribution in [0.5, 0.6) is 0 Å². The van der Waals surface area contributed by atoms with Crippen LogP contribution in [0.4, 0.5) is 5.69 Å². The van der Waals surface area contributed by atoms with Gasteiger partial charge < -0.3 is 15.7 Å². The number of nitrogens with two attached hydrogens (primary N) is 1. The summed E-state index contributed by atoms with van der Waals surface area (Å²) in [6.07, 6.45) is 0. The second-order valence-corrected chi connectivity index (χ2v) is 4.99. The van der Waals surface area contributed by atoms with E-state index in [9.17, 15) is 5.11 Å². The number of aliphatic hydroxyl groups is 1. The van der Waals surface area contributed by atoms with E-state index in [0.717, 1.165) is 11.3 Å². The zero-order chi connectivity index (χ0) is 12.3. The predicted molar refractivity (Wildman–Crippen MR) is 68.6 cm³/mol. The lowest BCUT2D eigenvalue weighted by Gasteiger charge is -2.28. The molecule has 0 aromatic heterocycles. The Bertz CT molecular complexity index is 355. The van der Waals surface area contributed by atoms with Crippen LogP contribution < -0.4 is 10.6 Å². The van der Waals surface area contributed by atoms with Crippen molar-refractivity contribution in [2.24, 2.45) is 5.73 Å². The van der Waals surface area contributed by atoms with Crippen LogP contribution in [-0.2, 0) is 6.54 Å². The lowest BCUT2D eigenvalue weighted by Crippen LogP contribution is -2.36. The van der Waals surface area contributed by atoms with Gasteiger partial charge in [-0.1, -0.05) is 12.1 Å². The molecule has 3 heteroatoms. The van der Waals surface area contributed by atoms with E-state index in [0.29, 0.717) is 13.1 Å². The minimum atomic E-state index is -0.687. The van der Waals surface area contributed by atoms with E-state index in [1.165, 1.54) is 5.56 Å². The third-order valence-corrected chi connectivity index (χ3v) is 2.53. The molecule has 0 amide bonds. The molecular formula is C13H22N2O. The van der Waals surface area contributed by atoms with Crippen molar-refractivity contribution in [3.63, 3.8) is 0 Å². The Morgan fingerprint density at radius 2 is 2.00 bits per heavy atom. The number of hydrogen-bond acceptors (Lipinski definition) is 3. The van der Waals surface area contributed by atoms with E-state index in [2.05, 4.69) is 24.0 Å². The molecule has 1 rings (SSSR count). The van der Waals surface area contributed by atoms with Crippen molar-refractivity contribution >= 4 is 5.69 Å². The van der Waals surface area contributed by atoms with E-state index in [1.54, 1.807) is 0 Å². The number of anilines is 1. The van der Waals surface area contributed by atoms with Crippen LogP contribution in [0.3, 0.4) is 0 Å². The highest BCUT2D eigenvalue weighted by molar-refractivity contribution is 5.54. The van der Waals surface area contributed by atoms with Gasteiger partial charge in [-0.05, 0) is 38.0 Å². The standard InChI is InChI=1S/C13H22N2O/c1-10-7-11(8-14)5-6-12(10)15(4)9-13(2,3)16/h5-7,16H,8-9,14H2,1-4H3. The summed E-state index contributed by atoms with van der Waals surface area (Å²) in [6.45, 7) is 6.86. The van der Waals surface area contributed by atoms with Crippen molar-refractivity contribution in [3.05, 3.63) is 29.3 Å². The highest BCUT2D eigenvalue weighted by Crippen LogP contribution is 2.21. The molecular weight excluding hydrogens is 200 g/mol. The second-order valence-electron chi connectivity index (χ2n) is 4.99. The molecule has 0 radical (unpaired) electrons. The SMILES string of the molecule is Cc1cc(CN)ccc1N(C)CC(C)(C)O. The molecule has 90 valence electrons. The third kappa shape index (κ3) is 3.51. The number of likely N-dealkylation sites (N-methyl/N-ethyl adjacent to an activating group) is 1. The van der Waals surface area contributed by atoms with Crippen LogP contribution in [0.25, 0.3) is 0 Å². The Morgan fingerprint density at radius 1 is 1.38 bits per heavy atom. The van der Waals surface area contributed by atoms with Crippen LogP contribution in [0.1, 0.15) is 25.0 Å². The normalized spacial score (nSPS) is 11.6. The van der Waals surface area contributed by atoms with Gasteiger partial charge in [0.2, 0.25) is 0 Å². The van der Waals surface area contributed by atoms with Gasteiger partial charge in [0.1, 0.15) is 0 Å². The molecule has 0 atom stereocenters. The highest BCUT2D eigenvalue weighted by atomic mass is 16.3. The monoisotopic (exact) mass is 222 g/mol. The molecule has 0 fully saturated rings. The van der Waals surface area contributed by atoms with Gasteiger partial charge in [0.05, 0.1) is 5.60 Å². The summed E-state index contributed by atoms with van der Waals surface area (Å²) < 4.78 is 0. The number of aryl methyl sites for hydroxylation is 1. The Balaban J connectivity index is 2.88. The van der Waals surface area contributed by atoms with Crippen LogP contribution in [0, 0.1) is 6.92 Å². The predicted octanol–water partition coefficient (Wildman–Crippen LogP) is 1.66. The first-order valence-corrected chi connectivity index (χ1v) is 5.56. The van der Waals surface area contributed by atoms with Crippen molar-refractivity contribution in [1.29, 1.82) is 0 Å². The average molecular weight is 222 g/mol. The fourth-order valence-corrected chi connectivity index (χ4v) is 1.94. The number of hydrogen-bond donors (Lipinski definition) is 2. The second kappa shape index (κ2) is 4.85. The van der Waals surface area contributed by atoms with E-state index in [-0.39, 0.29) is 0 Å². The molecule has 0 saturated carbocycles. The largest absolute Gasteiger partial charge is 0.389 e. The van der Waals surface area contributed by atoms with Gasteiger partial charge in [-0.15, -0.1) is 0 Å². The Labute approximate surface area is 97.9 Å². The molecule has 0 unspecified atom stereocenters. The van der Waals surface area contributed by atoms with E-state index >= 15 is 0 Å². The number of benzene rings is 1. The van der Waals surface area contributed by atoms with Gasteiger partial charge in [-0.2, -0.15) is 0 Å². The van der Waals surface area contributed by atoms with E-state index < -0.39 is 5.60 Å². The van der Waals surface area contributed by atoms with Crippen molar-refractivity contribution in [2.45, 2.75) is 32.9 Å². The average Bonchev–Trinajstić information content (AvgIpc) is 2.14.